The zero-order valence-electron chi connectivity index (χ0n) is 11.1. The molecule has 96 valence electrons. The maximum atomic E-state index is 8.95. The maximum absolute atomic E-state index is 8.95. The minimum absolute atomic E-state index is 0.347. The molecule has 1 aliphatic rings. The molecule has 1 fully saturated rings. The van der Waals surface area contributed by atoms with Crippen LogP contribution in [-0.2, 0) is 4.74 Å². The van der Waals surface area contributed by atoms with Gasteiger partial charge in [0.25, 0.3) is 0 Å². The first kappa shape index (κ1) is 12.9. The quantitative estimate of drug-likeness (QED) is 0.820. The summed E-state index contributed by atoms with van der Waals surface area (Å²) in [5, 5.41) is 8.95. The zero-order chi connectivity index (χ0) is 13.0. The lowest BCUT2D eigenvalue weighted by Gasteiger charge is -2.34. The van der Waals surface area contributed by atoms with Gasteiger partial charge in [-0.25, -0.2) is 0 Å². The summed E-state index contributed by atoms with van der Waals surface area (Å²) in [6.07, 6.45) is 2.67. The second-order valence-corrected chi connectivity index (χ2v) is 4.78. The number of nitrogens with zero attached hydrogens (tertiary/aromatic N) is 2. The van der Waals surface area contributed by atoms with Gasteiger partial charge in [-0.1, -0.05) is 0 Å². The van der Waals surface area contributed by atoms with Crippen LogP contribution in [-0.4, -0.2) is 25.8 Å². The van der Waals surface area contributed by atoms with Gasteiger partial charge in [-0.05, 0) is 50.5 Å². The van der Waals surface area contributed by atoms with Crippen molar-refractivity contribution in [3.63, 3.8) is 0 Å². The molecule has 1 aromatic rings. The van der Waals surface area contributed by atoms with Gasteiger partial charge in [0.2, 0.25) is 0 Å². The first-order valence-electron chi connectivity index (χ1n) is 6.62. The van der Waals surface area contributed by atoms with Crippen LogP contribution in [0, 0.1) is 18.3 Å². The van der Waals surface area contributed by atoms with Gasteiger partial charge in [0.1, 0.15) is 0 Å². The lowest BCUT2D eigenvalue weighted by atomic mass is 10.0. The Labute approximate surface area is 109 Å². The topological polar surface area (TPSA) is 36.3 Å². The molecule has 1 aromatic carbocycles. The molecule has 1 saturated heterocycles. The molecule has 0 aromatic heterocycles. The Morgan fingerprint density at radius 2 is 2.33 bits per heavy atom. The van der Waals surface area contributed by atoms with E-state index < -0.39 is 0 Å². The van der Waals surface area contributed by atoms with Crippen molar-refractivity contribution in [3.05, 3.63) is 29.3 Å². The van der Waals surface area contributed by atoms with Crippen molar-refractivity contribution in [2.75, 3.05) is 24.6 Å². The number of ether oxygens (including phenoxy) is 1. The summed E-state index contributed by atoms with van der Waals surface area (Å²) in [6, 6.07) is 8.27. The predicted octanol–water partition coefficient (Wildman–Crippen LogP) is 2.87. The molecule has 18 heavy (non-hydrogen) atoms. The highest BCUT2D eigenvalue weighted by Gasteiger charge is 2.20. The minimum atomic E-state index is 0.347. The summed E-state index contributed by atoms with van der Waals surface area (Å²) in [5.74, 6) is 0. The van der Waals surface area contributed by atoms with Crippen molar-refractivity contribution in [3.8, 4) is 6.07 Å². The van der Waals surface area contributed by atoms with Crippen LogP contribution in [0.1, 0.15) is 30.9 Å². The van der Waals surface area contributed by atoms with E-state index in [1.807, 2.05) is 26.0 Å². The monoisotopic (exact) mass is 244 g/mol. The van der Waals surface area contributed by atoms with E-state index in [0.29, 0.717) is 6.10 Å². The number of benzene rings is 1. The molecule has 0 saturated carbocycles. The van der Waals surface area contributed by atoms with E-state index in [1.165, 1.54) is 12.1 Å². The summed E-state index contributed by atoms with van der Waals surface area (Å²) in [4.78, 5) is 2.36. The predicted molar refractivity (Wildman–Crippen MR) is 72.8 cm³/mol. The normalized spacial score (nSPS) is 19.6. The molecule has 0 radical (unpaired) electrons. The van der Waals surface area contributed by atoms with Crippen molar-refractivity contribution in [1.29, 1.82) is 5.26 Å². The highest BCUT2D eigenvalue weighted by molar-refractivity contribution is 5.53. The Bertz CT molecular complexity index is 448. The summed E-state index contributed by atoms with van der Waals surface area (Å²) in [6.45, 7) is 6.86. The standard InChI is InChI=1S/C15H20N2O/c1-3-18-15-5-4-8-17(11-15)14-7-6-13(10-16)12(2)9-14/h6-7,9,15H,3-5,8,11H2,1-2H3. The Balaban J connectivity index is 2.11. The summed E-state index contributed by atoms with van der Waals surface area (Å²) in [5.41, 5.74) is 3.02. The molecule has 1 heterocycles. The molecule has 0 spiro atoms. The molecule has 0 N–H and O–H groups in total. The van der Waals surface area contributed by atoms with Crippen molar-refractivity contribution >= 4 is 5.69 Å². The van der Waals surface area contributed by atoms with Crippen LogP contribution in [0.5, 0.6) is 0 Å². The third-order valence-corrected chi connectivity index (χ3v) is 3.48. The van der Waals surface area contributed by atoms with E-state index in [1.54, 1.807) is 0 Å². The summed E-state index contributed by atoms with van der Waals surface area (Å²) >= 11 is 0. The summed E-state index contributed by atoms with van der Waals surface area (Å²) in [7, 11) is 0. The molecule has 1 atom stereocenters. The van der Waals surface area contributed by atoms with E-state index >= 15 is 0 Å². The molecule has 3 nitrogen and oxygen atoms in total. The van der Waals surface area contributed by atoms with E-state index in [4.69, 9.17) is 10.00 Å². The van der Waals surface area contributed by atoms with Gasteiger partial charge in [-0.3, -0.25) is 0 Å². The molecule has 2 rings (SSSR count). The van der Waals surface area contributed by atoms with Crippen LogP contribution in [0.4, 0.5) is 5.69 Å². The first-order chi connectivity index (χ1) is 8.74. The van der Waals surface area contributed by atoms with Crippen molar-refractivity contribution in [1.82, 2.24) is 0 Å². The molecule has 3 heteroatoms. The molecule has 1 aliphatic heterocycles. The van der Waals surface area contributed by atoms with E-state index in [-0.39, 0.29) is 0 Å². The van der Waals surface area contributed by atoms with E-state index in [2.05, 4.69) is 17.0 Å². The van der Waals surface area contributed by atoms with E-state index in [9.17, 15) is 0 Å². The lowest BCUT2D eigenvalue weighted by Crippen LogP contribution is -2.39. The average molecular weight is 244 g/mol. The molecular weight excluding hydrogens is 224 g/mol. The average Bonchev–Trinajstić information content (AvgIpc) is 2.39. The number of hydrogen-bond acceptors (Lipinski definition) is 3. The van der Waals surface area contributed by atoms with Crippen LogP contribution < -0.4 is 4.90 Å². The fourth-order valence-electron chi connectivity index (χ4n) is 2.51. The van der Waals surface area contributed by atoms with Gasteiger partial charge in [-0.15, -0.1) is 0 Å². The number of anilines is 1. The fraction of sp³-hybridized carbons (Fsp3) is 0.533. The van der Waals surface area contributed by atoms with Gasteiger partial charge in [0.05, 0.1) is 17.7 Å². The van der Waals surface area contributed by atoms with Gasteiger partial charge < -0.3 is 9.64 Å². The highest BCUT2D eigenvalue weighted by Crippen LogP contribution is 2.23. The first-order valence-corrected chi connectivity index (χ1v) is 6.62. The molecule has 0 bridgehead atoms. The van der Waals surface area contributed by atoms with Crippen LogP contribution >= 0.6 is 0 Å². The Morgan fingerprint density at radius 3 is 3.00 bits per heavy atom. The Kier molecular flexibility index (Phi) is 4.22. The zero-order valence-corrected chi connectivity index (χ0v) is 11.1. The number of hydrogen-bond donors (Lipinski definition) is 0. The van der Waals surface area contributed by atoms with Crippen LogP contribution in [0.2, 0.25) is 0 Å². The third kappa shape index (κ3) is 2.83. The molecular formula is C15H20N2O. The summed E-state index contributed by atoms with van der Waals surface area (Å²) < 4.78 is 5.72. The number of nitriles is 1. The number of aryl methyl sites for hydroxylation is 1. The van der Waals surface area contributed by atoms with Crippen molar-refractivity contribution in [2.24, 2.45) is 0 Å². The molecule has 0 aliphatic carbocycles. The largest absolute Gasteiger partial charge is 0.377 e. The van der Waals surface area contributed by atoms with Crippen LogP contribution in [0.25, 0.3) is 0 Å². The van der Waals surface area contributed by atoms with Crippen LogP contribution in [0.15, 0.2) is 18.2 Å². The fourth-order valence-corrected chi connectivity index (χ4v) is 2.51. The Morgan fingerprint density at radius 1 is 1.50 bits per heavy atom. The highest BCUT2D eigenvalue weighted by atomic mass is 16.5. The van der Waals surface area contributed by atoms with Gasteiger partial charge in [0, 0.05) is 25.4 Å². The number of piperidine rings is 1. The van der Waals surface area contributed by atoms with Gasteiger partial charge in [0.15, 0.2) is 0 Å². The third-order valence-electron chi connectivity index (χ3n) is 3.48. The van der Waals surface area contributed by atoms with Gasteiger partial charge >= 0.3 is 0 Å². The smallest absolute Gasteiger partial charge is 0.0994 e. The van der Waals surface area contributed by atoms with Crippen molar-refractivity contribution in [2.45, 2.75) is 32.8 Å². The number of rotatable bonds is 3. The lowest BCUT2D eigenvalue weighted by molar-refractivity contribution is 0.0527. The second-order valence-electron chi connectivity index (χ2n) is 4.78. The van der Waals surface area contributed by atoms with Crippen LogP contribution in [0.3, 0.4) is 0 Å². The van der Waals surface area contributed by atoms with Gasteiger partial charge in [-0.2, -0.15) is 5.26 Å². The molecule has 0 amide bonds. The maximum Gasteiger partial charge on any atom is 0.0994 e. The Hall–Kier alpha value is -1.53. The molecule has 1 unspecified atom stereocenters. The van der Waals surface area contributed by atoms with E-state index in [0.717, 1.165) is 37.2 Å². The van der Waals surface area contributed by atoms with Crippen molar-refractivity contribution < 1.29 is 4.74 Å². The SMILES string of the molecule is CCOC1CCCN(c2ccc(C#N)c(C)c2)C1. The second kappa shape index (κ2) is 5.88. The minimum Gasteiger partial charge on any atom is -0.377 e.